The summed E-state index contributed by atoms with van der Waals surface area (Å²) in [6, 6.07) is 10.2. The highest BCUT2D eigenvalue weighted by atomic mass is 79.9. The number of hydrogen-bond acceptors (Lipinski definition) is 2. The molecular weight excluding hydrogens is 387 g/mol. The normalized spacial score (nSPS) is 10.7. The fourth-order valence-corrected chi connectivity index (χ4v) is 2.61. The molecule has 0 aliphatic heterocycles. The fourth-order valence-electron chi connectivity index (χ4n) is 2.23. The third-order valence-electron chi connectivity index (χ3n) is 3.54. The van der Waals surface area contributed by atoms with E-state index < -0.39 is 11.7 Å². The van der Waals surface area contributed by atoms with E-state index in [2.05, 4.69) is 26.6 Å². The first-order valence-electron chi connectivity index (χ1n) is 7.64. The van der Waals surface area contributed by atoms with Crippen LogP contribution in [0.1, 0.15) is 16.7 Å². The molecule has 0 aliphatic rings. The van der Waals surface area contributed by atoms with Gasteiger partial charge in [0.15, 0.2) is 0 Å². The number of anilines is 1. The smallest absolute Gasteiger partial charge is 0.244 e. The van der Waals surface area contributed by atoms with Crippen LogP contribution < -0.4 is 10.6 Å². The van der Waals surface area contributed by atoms with Crippen molar-refractivity contribution in [1.29, 1.82) is 0 Å². The maximum Gasteiger partial charge on any atom is 0.244 e. The Hall–Kier alpha value is -2.47. The molecule has 0 unspecified atom stereocenters. The molecule has 130 valence electrons. The van der Waals surface area contributed by atoms with E-state index in [1.807, 2.05) is 32.0 Å². The molecule has 2 amide bonds. The largest absolute Gasteiger partial charge is 0.343 e. The summed E-state index contributed by atoms with van der Waals surface area (Å²) < 4.78 is 14.3. The number of rotatable bonds is 5. The van der Waals surface area contributed by atoms with Crippen LogP contribution in [0.2, 0.25) is 0 Å². The second-order valence-corrected chi connectivity index (χ2v) is 6.45. The number of nitrogens with one attached hydrogen (secondary N) is 2. The maximum absolute atomic E-state index is 13.6. The number of benzene rings is 2. The van der Waals surface area contributed by atoms with Gasteiger partial charge in [-0.1, -0.05) is 34.1 Å². The van der Waals surface area contributed by atoms with E-state index >= 15 is 0 Å². The lowest BCUT2D eigenvalue weighted by Crippen LogP contribution is -2.32. The fraction of sp³-hybridized carbons (Fsp3) is 0.158. The van der Waals surface area contributed by atoms with Gasteiger partial charge in [-0.3, -0.25) is 9.59 Å². The van der Waals surface area contributed by atoms with Crippen LogP contribution in [0.25, 0.3) is 6.08 Å². The SMILES string of the molecule is Cc1cccc(C)c1NC(=O)CNC(=O)/C=C/c1cc(Br)ccc1F. The molecule has 0 atom stereocenters. The van der Waals surface area contributed by atoms with Gasteiger partial charge in [-0.2, -0.15) is 0 Å². The third-order valence-corrected chi connectivity index (χ3v) is 4.03. The zero-order valence-corrected chi connectivity index (χ0v) is 15.5. The first-order valence-corrected chi connectivity index (χ1v) is 8.43. The average molecular weight is 405 g/mol. The predicted octanol–water partition coefficient (Wildman–Crippen LogP) is 3.97. The van der Waals surface area contributed by atoms with E-state index in [0.29, 0.717) is 4.47 Å². The van der Waals surface area contributed by atoms with E-state index in [-0.39, 0.29) is 18.0 Å². The van der Waals surface area contributed by atoms with Gasteiger partial charge in [-0.25, -0.2) is 4.39 Å². The van der Waals surface area contributed by atoms with Crippen molar-refractivity contribution in [3.8, 4) is 0 Å². The molecule has 0 saturated heterocycles. The van der Waals surface area contributed by atoms with E-state index in [1.54, 1.807) is 12.1 Å². The van der Waals surface area contributed by atoms with Crippen LogP contribution in [0.4, 0.5) is 10.1 Å². The van der Waals surface area contributed by atoms with Crippen molar-refractivity contribution in [3.63, 3.8) is 0 Å². The Morgan fingerprint density at radius 1 is 1.16 bits per heavy atom. The van der Waals surface area contributed by atoms with Crippen molar-refractivity contribution in [3.05, 3.63) is 69.5 Å². The zero-order valence-electron chi connectivity index (χ0n) is 13.9. The number of halogens is 2. The molecule has 0 fully saturated rings. The molecule has 2 aromatic carbocycles. The van der Waals surface area contributed by atoms with Crippen LogP contribution in [-0.4, -0.2) is 18.4 Å². The summed E-state index contributed by atoms with van der Waals surface area (Å²) in [5.74, 6) is -1.23. The van der Waals surface area contributed by atoms with E-state index in [4.69, 9.17) is 0 Å². The summed E-state index contributed by atoms with van der Waals surface area (Å²) in [6.07, 6.45) is 2.55. The minimum Gasteiger partial charge on any atom is -0.343 e. The molecule has 2 N–H and O–H groups in total. The van der Waals surface area contributed by atoms with E-state index in [0.717, 1.165) is 16.8 Å². The molecule has 2 rings (SSSR count). The maximum atomic E-state index is 13.6. The Morgan fingerprint density at radius 3 is 2.52 bits per heavy atom. The molecular formula is C19H18BrFN2O2. The second-order valence-electron chi connectivity index (χ2n) is 5.53. The van der Waals surface area contributed by atoms with Gasteiger partial charge in [0.2, 0.25) is 11.8 Å². The standard InChI is InChI=1S/C19H18BrFN2O2/c1-12-4-3-5-13(2)19(12)23-18(25)11-22-17(24)9-6-14-10-15(20)7-8-16(14)21/h3-10H,11H2,1-2H3,(H,22,24)(H,23,25)/b9-6+. The van der Waals surface area contributed by atoms with E-state index in [1.165, 1.54) is 18.2 Å². The monoisotopic (exact) mass is 404 g/mol. The molecule has 0 aliphatic carbocycles. The minimum atomic E-state index is -0.476. The molecule has 0 aromatic heterocycles. The Morgan fingerprint density at radius 2 is 1.84 bits per heavy atom. The van der Waals surface area contributed by atoms with Crippen LogP contribution >= 0.6 is 15.9 Å². The van der Waals surface area contributed by atoms with Crippen LogP contribution in [0.5, 0.6) is 0 Å². The number of para-hydroxylation sites is 1. The highest BCUT2D eigenvalue weighted by Gasteiger charge is 2.08. The van der Waals surface area contributed by atoms with Crippen molar-refractivity contribution in [2.45, 2.75) is 13.8 Å². The van der Waals surface area contributed by atoms with Gasteiger partial charge in [0.25, 0.3) is 0 Å². The Bertz CT molecular complexity index is 814. The summed E-state index contributed by atoms with van der Waals surface area (Å²) in [6.45, 7) is 3.63. The van der Waals surface area contributed by atoms with Crippen LogP contribution in [0.3, 0.4) is 0 Å². The van der Waals surface area contributed by atoms with Crippen LogP contribution in [-0.2, 0) is 9.59 Å². The lowest BCUT2D eigenvalue weighted by atomic mass is 10.1. The Kier molecular flexibility index (Phi) is 6.47. The average Bonchev–Trinajstić information content (AvgIpc) is 2.57. The van der Waals surface area contributed by atoms with Crippen LogP contribution in [0, 0.1) is 19.7 Å². The number of aryl methyl sites for hydroxylation is 2. The van der Waals surface area contributed by atoms with Crippen molar-refractivity contribution in [2.24, 2.45) is 0 Å². The van der Waals surface area contributed by atoms with Gasteiger partial charge < -0.3 is 10.6 Å². The summed E-state index contributed by atoms with van der Waals surface area (Å²) >= 11 is 3.24. The Balaban J connectivity index is 1.90. The molecule has 25 heavy (non-hydrogen) atoms. The number of carbonyl (C=O) groups excluding carboxylic acids is 2. The molecule has 6 heteroatoms. The summed E-state index contributed by atoms with van der Waals surface area (Å²) in [5.41, 5.74) is 2.92. The highest BCUT2D eigenvalue weighted by molar-refractivity contribution is 9.10. The summed E-state index contributed by atoms with van der Waals surface area (Å²) in [7, 11) is 0. The molecule has 0 radical (unpaired) electrons. The third kappa shape index (κ3) is 5.53. The van der Waals surface area contributed by atoms with Crippen molar-refractivity contribution >= 4 is 39.5 Å². The quantitative estimate of drug-likeness (QED) is 0.740. The second kappa shape index (κ2) is 8.58. The number of hydrogen-bond donors (Lipinski definition) is 2. The number of amides is 2. The lowest BCUT2D eigenvalue weighted by Gasteiger charge is -2.11. The molecule has 4 nitrogen and oxygen atoms in total. The molecule has 0 saturated carbocycles. The summed E-state index contributed by atoms with van der Waals surface area (Å²) in [5, 5.41) is 5.25. The molecule has 2 aromatic rings. The number of carbonyl (C=O) groups is 2. The van der Waals surface area contributed by atoms with Crippen molar-refractivity contribution < 1.29 is 14.0 Å². The van der Waals surface area contributed by atoms with Crippen molar-refractivity contribution in [2.75, 3.05) is 11.9 Å². The van der Waals surface area contributed by atoms with Gasteiger partial charge in [0, 0.05) is 21.8 Å². The van der Waals surface area contributed by atoms with E-state index in [9.17, 15) is 14.0 Å². The molecule has 0 heterocycles. The zero-order chi connectivity index (χ0) is 18.4. The van der Waals surface area contributed by atoms with Crippen molar-refractivity contribution in [1.82, 2.24) is 5.32 Å². The minimum absolute atomic E-state index is 0.169. The highest BCUT2D eigenvalue weighted by Crippen LogP contribution is 2.19. The predicted molar refractivity (Wildman–Crippen MR) is 101 cm³/mol. The molecule has 0 bridgehead atoms. The van der Waals surface area contributed by atoms with Gasteiger partial charge in [-0.15, -0.1) is 0 Å². The lowest BCUT2D eigenvalue weighted by molar-refractivity contribution is -0.121. The van der Waals surface area contributed by atoms with Gasteiger partial charge in [0.05, 0.1) is 6.54 Å². The Labute approximate surface area is 154 Å². The van der Waals surface area contributed by atoms with Gasteiger partial charge >= 0.3 is 0 Å². The molecule has 0 spiro atoms. The van der Waals surface area contributed by atoms with Gasteiger partial charge in [0.1, 0.15) is 5.82 Å². The first-order chi connectivity index (χ1) is 11.9. The summed E-state index contributed by atoms with van der Waals surface area (Å²) in [4.78, 5) is 23.8. The topological polar surface area (TPSA) is 58.2 Å². The van der Waals surface area contributed by atoms with Gasteiger partial charge in [-0.05, 0) is 49.2 Å². The first kappa shape index (κ1) is 18.9. The van der Waals surface area contributed by atoms with Crippen LogP contribution in [0.15, 0.2) is 46.9 Å².